The highest BCUT2D eigenvalue weighted by molar-refractivity contribution is 5.43. The summed E-state index contributed by atoms with van der Waals surface area (Å²) in [4.78, 5) is 0. The lowest BCUT2D eigenvalue weighted by Crippen LogP contribution is -2.39. The Labute approximate surface area is 168 Å². The second kappa shape index (κ2) is 7.04. The second-order valence-corrected chi connectivity index (χ2v) is 10.6. The largest absolute Gasteiger partial charge is 0.416 e. The Balaban J connectivity index is 1.55. The number of halogens is 3. The summed E-state index contributed by atoms with van der Waals surface area (Å²) in [7, 11) is 0. The predicted molar refractivity (Wildman–Crippen MR) is 107 cm³/mol. The lowest BCUT2D eigenvalue weighted by Gasteiger charge is -2.38. The van der Waals surface area contributed by atoms with Crippen LogP contribution < -0.4 is 0 Å². The van der Waals surface area contributed by atoms with Crippen LogP contribution in [0.4, 0.5) is 13.2 Å². The van der Waals surface area contributed by atoms with Crippen molar-refractivity contribution in [2.45, 2.75) is 90.8 Å². The lowest BCUT2D eigenvalue weighted by molar-refractivity contribution is -0.137. The van der Waals surface area contributed by atoms with Gasteiger partial charge in [0.05, 0.1) is 11.2 Å². The van der Waals surface area contributed by atoms with Crippen LogP contribution in [0.15, 0.2) is 18.2 Å². The van der Waals surface area contributed by atoms with E-state index in [2.05, 4.69) is 34.6 Å². The molecule has 1 nitrogen and oxygen atoms in total. The molecule has 0 N–H and O–H groups in total. The summed E-state index contributed by atoms with van der Waals surface area (Å²) < 4.78 is 45.0. The van der Waals surface area contributed by atoms with Gasteiger partial charge >= 0.3 is 6.18 Å². The minimum absolute atomic E-state index is 0.103. The quantitative estimate of drug-likeness (QED) is 0.458. The summed E-state index contributed by atoms with van der Waals surface area (Å²) in [5, 5.41) is 0. The van der Waals surface area contributed by atoms with E-state index in [-0.39, 0.29) is 16.4 Å². The molecule has 2 aliphatic carbocycles. The van der Waals surface area contributed by atoms with E-state index in [9.17, 15) is 13.2 Å². The van der Waals surface area contributed by atoms with Gasteiger partial charge in [-0.2, -0.15) is 13.2 Å². The number of ether oxygens (including phenoxy) is 1. The van der Waals surface area contributed by atoms with Crippen molar-refractivity contribution in [2.75, 3.05) is 6.61 Å². The van der Waals surface area contributed by atoms with Gasteiger partial charge in [-0.1, -0.05) is 26.8 Å². The maximum Gasteiger partial charge on any atom is 0.416 e. The molecular weight excluding hydrogens is 361 g/mol. The fourth-order valence-electron chi connectivity index (χ4n) is 4.91. The first-order valence-corrected chi connectivity index (χ1v) is 10.6. The zero-order valence-electron chi connectivity index (χ0n) is 18.2. The lowest BCUT2D eigenvalue weighted by atomic mass is 9.79. The molecule has 0 saturated heterocycles. The van der Waals surface area contributed by atoms with Gasteiger partial charge < -0.3 is 4.74 Å². The SMILES string of the molecule is Cc1cc(C(F)(F)F)ccc1[C@@]12CC(CCCOC(C)(C)C(C)(C)C)C[C@@H]1C2. The number of aryl methyl sites for hydroxylation is 1. The fraction of sp³-hybridized carbons (Fsp3) is 0.750. The number of benzene rings is 1. The van der Waals surface area contributed by atoms with E-state index in [1.54, 1.807) is 6.07 Å². The first-order chi connectivity index (χ1) is 12.8. The van der Waals surface area contributed by atoms with E-state index in [4.69, 9.17) is 4.74 Å². The van der Waals surface area contributed by atoms with E-state index in [1.165, 1.54) is 18.6 Å². The van der Waals surface area contributed by atoms with Crippen molar-refractivity contribution >= 4 is 0 Å². The predicted octanol–water partition coefficient (Wildman–Crippen LogP) is 7.30. The Bertz CT molecular complexity index is 714. The molecule has 0 radical (unpaired) electrons. The molecule has 2 fully saturated rings. The molecule has 158 valence electrons. The molecule has 2 saturated carbocycles. The number of hydrogen-bond acceptors (Lipinski definition) is 1. The Hall–Kier alpha value is -1.03. The van der Waals surface area contributed by atoms with Crippen LogP contribution >= 0.6 is 0 Å². The monoisotopic (exact) mass is 396 g/mol. The van der Waals surface area contributed by atoms with Gasteiger partial charge in [0.25, 0.3) is 0 Å². The average Bonchev–Trinajstić information content (AvgIpc) is 3.11. The van der Waals surface area contributed by atoms with E-state index in [0.717, 1.165) is 43.4 Å². The zero-order valence-corrected chi connectivity index (χ0v) is 18.2. The summed E-state index contributed by atoms with van der Waals surface area (Å²) in [6.07, 6.45) is 1.42. The first kappa shape index (κ1) is 21.7. The van der Waals surface area contributed by atoms with E-state index < -0.39 is 11.7 Å². The topological polar surface area (TPSA) is 9.23 Å². The summed E-state index contributed by atoms with van der Waals surface area (Å²) in [5.74, 6) is 1.32. The van der Waals surface area contributed by atoms with Gasteiger partial charge in [-0.3, -0.25) is 0 Å². The second-order valence-electron chi connectivity index (χ2n) is 10.6. The highest BCUT2D eigenvalue weighted by Gasteiger charge is 2.60. The molecule has 3 rings (SSSR count). The molecule has 0 amide bonds. The fourth-order valence-corrected chi connectivity index (χ4v) is 4.91. The highest BCUT2D eigenvalue weighted by Crippen LogP contribution is 2.67. The van der Waals surface area contributed by atoms with Crippen LogP contribution in [0.3, 0.4) is 0 Å². The molecule has 3 atom stereocenters. The van der Waals surface area contributed by atoms with Gasteiger partial charge in [-0.15, -0.1) is 0 Å². The molecule has 0 bridgehead atoms. The van der Waals surface area contributed by atoms with Gasteiger partial charge in [0.1, 0.15) is 0 Å². The van der Waals surface area contributed by atoms with Gasteiger partial charge in [0.2, 0.25) is 0 Å². The summed E-state index contributed by atoms with van der Waals surface area (Å²) in [6, 6.07) is 4.34. The van der Waals surface area contributed by atoms with Crippen LogP contribution in [0.25, 0.3) is 0 Å². The summed E-state index contributed by atoms with van der Waals surface area (Å²) >= 11 is 0. The maximum atomic E-state index is 13.0. The van der Waals surface area contributed by atoms with Crippen molar-refractivity contribution < 1.29 is 17.9 Å². The minimum atomic E-state index is -4.26. The van der Waals surface area contributed by atoms with Crippen LogP contribution in [0.2, 0.25) is 0 Å². The third-order valence-corrected chi connectivity index (χ3v) is 7.62. The van der Waals surface area contributed by atoms with Gasteiger partial charge in [-0.25, -0.2) is 0 Å². The van der Waals surface area contributed by atoms with Crippen LogP contribution in [0.1, 0.15) is 83.4 Å². The number of hydrogen-bond donors (Lipinski definition) is 0. The Kier molecular flexibility index (Phi) is 5.45. The van der Waals surface area contributed by atoms with Crippen LogP contribution in [0, 0.1) is 24.2 Å². The molecule has 0 aromatic heterocycles. The van der Waals surface area contributed by atoms with Crippen molar-refractivity contribution in [1.82, 2.24) is 0 Å². The van der Waals surface area contributed by atoms with Gasteiger partial charge in [0.15, 0.2) is 0 Å². The van der Waals surface area contributed by atoms with Gasteiger partial charge in [0, 0.05) is 6.61 Å². The first-order valence-electron chi connectivity index (χ1n) is 10.6. The Morgan fingerprint density at radius 1 is 1.07 bits per heavy atom. The summed E-state index contributed by atoms with van der Waals surface area (Å²) in [5.41, 5.74) is 1.52. The molecule has 1 aromatic carbocycles. The van der Waals surface area contributed by atoms with Crippen molar-refractivity contribution in [3.63, 3.8) is 0 Å². The Morgan fingerprint density at radius 3 is 2.32 bits per heavy atom. The number of alkyl halides is 3. The molecule has 0 spiro atoms. The van der Waals surface area contributed by atoms with Crippen LogP contribution in [0.5, 0.6) is 0 Å². The number of rotatable bonds is 6. The number of fused-ring (bicyclic) bond motifs is 1. The van der Waals surface area contributed by atoms with E-state index >= 15 is 0 Å². The Morgan fingerprint density at radius 2 is 1.75 bits per heavy atom. The molecule has 0 aliphatic heterocycles. The van der Waals surface area contributed by atoms with Crippen molar-refractivity contribution in [3.05, 3.63) is 34.9 Å². The summed E-state index contributed by atoms with van der Waals surface area (Å²) in [6.45, 7) is 13.5. The standard InChI is InChI=1S/C24H35F3O/c1-16-12-18(24(25,26)27)9-10-20(16)23-14-17(13-19(23)15-23)8-7-11-28-22(5,6)21(2,3)4/h9-10,12,17,19H,7-8,11,13-15H2,1-6H3/t17?,19-,23-/m1/s1. The molecule has 1 unspecified atom stereocenters. The molecule has 28 heavy (non-hydrogen) atoms. The maximum absolute atomic E-state index is 13.0. The highest BCUT2D eigenvalue weighted by atomic mass is 19.4. The third-order valence-electron chi connectivity index (χ3n) is 7.62. The molecule has 4 heteroatoms. The van der Waals surface area contributed by atoms with Crippen molar-refractivity contribution in [2.24, 2.45) is 17.3 Å². The normalized spacial score (nSPS) is 27.8. The molecule has 0 heterocycles. The minimum Gasteiger partial charge on any atom is -0.375 e. The zero-order chi connectivity index (χ0) is 21.0. The third kappa shape index (κ3) is 4.13. The molecular formula is C24H35F3O. The average molecular weight is 397 g/mol. The van der Waals surface area contributed by atoms with E-state index in [0.29, 0.717) is 11.8 Å². The van der Waals surface area contributed by atoms with Crippen LogP contribution in [-0.4, -0.2) is 12.2 Å². The molecule has 1 aromatic rings. The smallest absolute Gasteiger partial charge is 0.375 e. The van der Waals surface area contributed by atoms with Crippen molar-refractivity contribution in [1.29, 1.82) is 0 Å². The molecule has 2 aliphatic rings. The van der Waals surface area contributed by atoms with Crippen molar-refractivity contribution in [3.8, 4) is 0 Å². The van der Waals surface area contributed by atoms with E-state index in [1.807, 2.05) is 6.92 Å². The van der Waals surface area contributed by atoms with Crippen LogP contribution in [-0.2, 0) is 16.3 Å². The van der Waals surface area contributed by atoms with Gasteiger partial charge in [-0.05, 0) is 98.8 Å².